The van der Waals surface area contributed by atoms with E-state index in [1.165, 1.54) is 6.92 Å². The molecule has 0 spiro atoms. The molecule has 4 saturated carbocycles. The zero-order valence-electron chi connectivity index (χ0n) is 26.9. The van der Waals surface area contributed by atoms with Crippen LogP contribution in [0.3, 0.4) is 0 Å². The van der Waals surface area contributed by atoms with Crippen molar-refractivity contribution < 1.29 is 28.9 Å². The predicted molar refractivity (Wildman–Crippen MR) is 154 cm³/mol. The minimum absolute atomic E-state index is 0.0186. The highest BCUT2D eigenvalue weighted by molar-refractivity contribution is 5.66. The number of aliphatic hydroxyl groups is 1. The number of carbonyl (C=O) groups excluding carboxylic acids is 2. The van der Waals surface area contributed by atoms with Crippen molar-refractivity contribution in [2.24, 2.45) is 45.3 Å². The minimum Gasteiger partial charge on any atom is -0.462 e. The third-order valence-corrected chi connectivity index (χ3v) is 13.8. The van der Waals surface area contributed by atoms with Crippen molar-refractivity contribution in [3.63, 3.8) is 0 Å². The summed E-state index contributed by atoms with van der Waals surface area (Å²) in [6, 6.07) is 0. The van der Waals surface area contributed by atoms with Crippen molar-refractivity contribution in [3.8, 4) is 0 Å². The number of fused-ring (bicyclic) bond motifs is 5. The molecule has 1 saturated heterocycles. The van der Waals surface area contributed by atoms with Gasteiger partial charge in [0.15, 0.2) is 0 Å². The first-order chi connectivity index (χ1) is 18.3. The van der Waals surface area contributed by atoms with Crippen LogP contribution < -0.4 is 0 Å². The van der Waals surface area contributed by atoms with Gasteiger partial charge in [0.05, 0.1) is 17.3 Å². The standard InChI is InChI=1S/C34H56O6/c1-20(35)38-23-19-25-31(7)15-13-26(39-21(2)36)29(3,4)24(31)12-17-32(25,8)33(9)16-11-22(28(23)33)34(10)18-14-27(40-34)30(5,6)37/h22-28,37H,11-19H2,1-10H3/t22-,23+,24-,25+,26-,27-,28-,31-,32+,33+,34-/m0/s1. The summed E-state index contributed by atoms with van der Waals surface area (Å²) in [4.78, 5) is 24.6. The molecule has 0 amide bonds. The normalized spacial score (nSPS) is 49.9. The summed E-state index contributed by atoms with van der Waals surface area (Å²) in [5.41, 5.74) is -1.10. The van der Waals surface area contributed by atoms with Crippen molar-refractivity contribution in [2.45, 2.75) is 157 Å². The Hall–Kier alpha value is -1.14. The van der Waals surface area contributed by atoms with Crippen LogP contribution in [-0.4, -0.2) is 46.6 Å². The lowest BCUT2D eigenvalue weighted by Crippen LogP contribution is -2.67. The molecule has 5 aliphatic rings. The van der Waals surface area contributed by atoms with E-state index in [0.29, 0.717) is 11.8 Å². The lowest BCUT2D eigenvalue weighted by Gasteiger charge is -2.70. The van der Waals surface area contributed by atoms with Crippen LogP contribution in [0.25, 0.3) is 0 Å². The molecule has 0 radical (unpaired) electrons. The van der Waals surface area contributed by atoms with Crippen LogP contribution in [-0.2, 0) is 23.8 Å². The van der Waals surface area contributed by atoms with Crippen molar-refractivity contribution in [3.05, 3.63) is 0 Å². The second kappa shape index (κ2) is 9.43. The van der Waals surface area contributed by atoms with E-state index in [4.69, 9.17) is 14.2 Å². The second-order valence-electron chi connectivity index (χ2n) is 16.6. The van der Waals surface area contributed by atoms with E-state index in [0.717, 1.165) is 57.8 Å². The molecule has 1 heterocycles. The Morgan fingerprint density at radius 2 is 1.43 bits per heavy atom. The largest absolute Gasteiger partial charge is 0.462 e. The summed E-state index contributed by atoms with van der Waals surface area (Å²) in [5, 5.41) is 10.8. The van der Waals surface area contributed by atoms with E-state index in [9.17, 15) is 14.7 Å². The van der Waals surface area contributed by atoms with Gasteiger partial charge in [-0.25, -0.2) is 0 Å². The maximum atomic E-state index is 12.6. The van der Waals surface area contributed by atoms with Crippen LogP contribution in [0, 0.1) is 45.3 Å². The molecule has 5 rings (SSSR count). The van der Waals surface area contributed by atoms with Gasteiger partial charge in [0, 0.05) is 25.2 Å². The van der Waals surface area contributed by atoms with Gasteiger partial charge in [-0.05, 0) is 113 Å². The number of rotatable bonds is 4. The van der Waals surface area contributed by atoms with Gasteiger partial charge in [0.2, 0.25) is 0 Å². The smallest absolute Gasteiger partial charge is 0.302 e. The Labute approximate surface area is 242 Å². The monoisotopic (exact) mass is 560 g/mol. The number of esters is 2. The van der Waals surface area contributed by atoms with Gasteiger partial charge >= 0.3 is 11.9 Å². The van der Waals surface area contributed by atoms with E-state index in [-0.39, 0.29) is 69.3 Å². The van der Waals surface area contributed by atoms with Gasteiger partial charge < -0.3 is 19.3 Å². The van der Waals surface area contributed by atoms with Gasteiger partial charge in [-0.1, -0.05) is 34.6 Å². The fraction of sp³-hybridized carbons (Fsp3) is 0.941. The molecular weight excluding hydrogens is 504 g/mol. The molecule has 6 heteroatoms. The lowest BCUT2D eigenvalue weighted by atomic mass is 9.35. The molecule has 1 aliphatic heterocycles. The highest BCUT2D eigenvalue weighted by Gasteiger charge is 2.72. The summed E-state index contributed by atoms with van der Waals surface area (Å²) in [6.45, 7) is 21.2. The maximum Gasteiger partial charge on any atom is 0.302 e. The van der Waals surface area contributed by atoms with E-state index >= 15 is 0 Å². The average molecular weight is 561 g/mol. The fourth-order valence-corrected chi connectivity index (χ4v) is 11.8. The van der Waals surface area contributed by atoms with Crippen LogP contribution in [0.4, 0.5) is 0 Å². The molecule has 0 aromatic heterocycles. The summed E-state index contributed by atoms with van der Waals surface area (Å²) in [6.07, 6.45) is 8.68. The maximum absolute atomic E-state index is 12.6. The molecule has 1 N–H and O–H groups in total. The topological polar surface area (TPSA) is 82.1 Å². The molecule has 40 heavy (non-hydrogen) atoms. The zero-order chi connectivity index (χ0) is 29.7. The van der Waals surface area contributed by atoms with Crippen LogP contribution in [0.1, 0.15) is 127 Å². The summed E-state index contributed by atoms with van der Waals surface area (Å²) >= 11 is 0. The first-order valence-electron chi connectivity index (χ1n) is 16.0. The molecule has 11 atom stereocenters. The Kier molecular flexibility index (Phi) is 7.15. The SMILES string of the molecule is CC(=O)O[C@H]1CC[C@]2(C)[C@H]3C[C@@H](OC(C)=O)[C@@H]4[C@@H]([C@]5(C)CC[C@@H](C(C)(C)O)O5)CC[C@@]4(C)[C@]3(C)CC[C@H]2C1(C)C. The van der Waals surface area contributed by atoms with Crippen LogP contribution in [0.5, 0.6) is 0 Å². The van der Waals surface area contributed by atoms with E-state index in [1.54, 1.807) is 6.92 Å². The first kappa shape index (κ1) is 30.3. The van der Waals surface area contributed by atoms with Crippen molar-refractivity contribution in [2.75, 3.05) is 0 Å². The second-order valence-corrected chi connectivity index (χ2v) is 16.6. The molecule has 0 unspecified atom stereocenters. The highest BCUT2D eigenvalue weighted by Crippen LogP contribution is 2.76. The molecule has 228 valence electrons. The third-order valence-electron chi connectivity index (χ3n) is 13.8. The highest BCUT2D eigenvalue weighted by atomic mass is 16.6. The number of ether oxygens (including phenoxy) is 3. The van der Waals surface area contributed by atoms with Crippen molar-refractivity contribution in [1.29, 1.82) is 0 Å². The fourth-order valence-electron chi connectivity index (χ4n) is 11.8. The zero-order valence-corrected chi connectivity index (χ0v) is 26.9. The molecule has 4 aliphatic carbocycles. The Balaban J connectivity index is 1.52. The summed E-state index contributed by atoms with van der Waals surface area (Å²) < 4.78 is 19.0. The Morgan fingerprint density at radius 3 is 2.00 bits per heavy atom. The lowest BCUT2D eigenvalue weighted by molar-refractivity contribution is -0.254. The number of hydrogen-bond acceptors (Lipinski definition) is 6. The third kappa shape index (κ3) is 4.31. The Morgan fingerprint density at radius 1 is 0.800 bits per heavy atom. The van der Waals surface area contributed by atoms with E-state index in [1.807, 2.05) is 13.8 Å². The summed E-state index contributed by atoms with van der Waals surface area (Å²) in [7, 11) is 0. The van der Waals surface area contributed by atoms with Gasteiger partial charge in [-0.2, -0.15) is 0 Å². The molecule has 0 aromatic rings. The molecule has 5 fully saturated rings. The molecule has 6 nitrogen and oxygen atoms in total. The van der Waals surface area contributed by atoms with Crippen LogP contribution in [0.2, 0.25) is 0 Å². The van der Waals surface area contributed by atoms with Crippen molar-refractivity contribution >= 4 is 11.9 Å². The quantitative estimate of drug-likeness (QED) is 0.379. The van der Waals surface area contributed by atoms with Crippen LogP contribution >= 0.6 is 0 Å². The van der Waals surface area contributed by atoms with E-state index in [2.05, 4.69) is 41.5 Å². The molecule has 0 bridgehead atoms. The summed E-state index contributed by atoms with van der Waals surface area (Å²) in [5.74, 6) is 1.00. The molecular formula is C34H56O6. The van der Waals surface area contributed by atoms with Crippen LogP contribution in [0.15, 0.2) is 0 Å². The van der Waals surface area contributed by atoms with Crippen molar-refractivity contribution in [1.82, 2.24) is 0 Å². The predicted octanol–water partition coefficient (Wildman–Crippen LogP) is 6.85. The van der Waals surface area contributed by atoms with Gasteiger partial charge in [-0.3, -0.25) is 9.59 Å². The first-order valence-corrected chi connectivity index (χ1v) is 16.0. The van der Waals surface area contributed by atoms with Gasteiger partial charge in [-0.15, -0.1) is 0 Å². The minimum atomic E-state index is -0.872. The number of hydrogen-bond donors (Lipinski definition) is 1. The molecule has 0 aromatic carbocycles. The van der Waals surface area contributed by atoms with E-state index < -0.39 is 5.60 Å². The van der Waals surface area contributed by atoms with Gasteiger partial charge in [0.1, 0.15) is 12.2 Å². The average Bonchev–Trinajstić information content (AvgIpc) is 3.39. The van der Waals surface area contributed by atoms with Gasteiger partial charge in [0.25, 0.3) is 0 Å². The Bertz CT molecular complexity index is 1030. The number of carbonyl (C=O) groups is 2.